The smallest absolute Gasteiger partial charge is 0.306 e. The Hall–Kier alpha value is -3.19. The topological polar surface area (TPSA) is 131 Å². The normalized spacial score (nSPS) is 11.4. The molecular formula is C20H24N4O3. The molecular weight excluding hydrogens is 344 g/mol. The first-order chi connectivity index (χ1) is 13.0. The second-order valence-corrected chi connectivity index (χ2v) is 6.12. The van der Waals surface area contributed by atoms with Gasteiger partial charge in [0.25, 0.3) is 0 Å². The number of nitrogens with two attached hydrogens (primary N) is 2. The van der Waals surface area contributed by atoms with Crippen LogP contribution in [-0.4, -0.2) is 23.8 Å². The molecule has 2 aromatic rings. The number of benzene rings is 2. The van der Waals surface area contributed by atoms with Crippen LogP contribution in [0.4, 0.5) is 0 Å². The Kier molecular flexibility index (Phi) is 7.51. The maximum absolute atomic E-state index is 12.0. The van der Waals surface area contributed by atoms with E-state index in [0.29, 0.717) is 12.1 Å². The second-order valence-electron chi connectivity index (χ2n) is 6.12. The molecule has 27 heavy (non-hydrogen) atoms. The van der Waals surface area contributed by atoms with Crippen molar-refractivity contribution in [3.8, 4) is 0 Å². The molecule has 0 saturated heterocycles. The van der Waals surface area contributed by atoms with E-state index in [9.17, 15) is 9.59 Å². The highest BCUT2D eigenvalue weighted by atomic mass is 16.5. The predicted molar refractivity (Wildman–Crippen MR) is 103 cm³/mol. The summed E-state index contributed by atoms with van der Waals surface area (Å²) in [7, 11) is 0. The van der Waals surface area contributed by atoms with Crippen LogP contribution in [0.2, 0.25) is 0 Å². The third-order valence-electron chi connectivity index (χ3n) is 3.97. The van der Waals surface area contributed by atoms with Crippen LogP contribution in [-0.2, 0) is 27.5 Å². The molecule has 2 aromatic carbocycles. The Labute approximate surface area is 158 Å². The number of carbonyl (C=O) groups is 2. The first-order valence-electron chi connectivity index (χ1n) is 8.62. The molecule has 6 N–H and O–H groups in total. The molecule has 0 fully saturated rings. The van der Waals surface area contributed by atoms with Crippen LogP contribution in [0.25, 0.3) is 0 Å². The van der Waals surface area contributed by atoms with E-state index in [0.717, 1.165) is 11.1 Å². The van der Waals surface area contributed by atoms with Crippen molar-refractivity contribution in [3.63, 3.8) is 0 Å². The number of hydrogen-bond acceptors (Lipinski definition) is 5. The minimum atomic E-state index is -0.786. The summed E-state index contributed by atoms with van der Waals surface area (Å²) in [6.07, 6.45) is 0.289. The monoisotopic (exact) mass is 368 g/mol. The van der Waals surface area contributed by atoms with Gasteiger partial charge in [-0.25, -0.2) is 0 Å². The van der Waals surface area contributed by atoms with Gasteiger partial charge in [0, 0.05) is 18.5 Å². The van der Waals surface area contributed by atoms with E-state index in [1.807, 2.05) is 30.3 Å². The fraction of sp³-hybridized carbons (Fsp3) is 0.250. The fourth-order valence-corrected chi connectivity index (χ4v) is 2.34. The summed E-state index contributed by atoms with van der Waals surface area (Å²) in [5.74, 6) is -0.727. The van der Waals surface area contributed by atoms with Gasteiger partial charge in [-0.1, -0.05) is 54.6 Å². The number of ether oxygens (including phenoxy) is 1. The molecule has 2 rings (SSSR count). The Morgan fingerprint density at radius 3 is 2.33 bits per heavy atom. The molecule has 1 atom stereocenters. The molecule has 0 aliphatic carbocycles. The number of amidine groups is 1. The van der Waals surface area contributed by atoms with E-state index in [1.54, 1.807) is 24.3 Å². The summed E-state index contributed by atoms with van der Waals surface area (Å²) in [6, 6.07) is 15.6. The average molecular weight is 368 g/mol. The van der Waals surface area contributed by atoms with Gasteiger partial charge in [-0.05, 0) is 17.5 Å². The minimum Gasteiger partial charge on any atom is -0.461 e. The van der Waals surface area contributed by atoms with Crippen molar-refractivity contribution in [2.75, 3.05) is 0 Å². The van der Waals surface area contributed by atoms with Crippen molar-refractivity contribution in [2.45, 2.75) is 32.0 Å². The van der Waals surface area contributed by atoms with Crippen molar-refractivity contribution in [2.24, 2.45) is 11.5 Å². The van der Waals surface area contributed by atoms with Gasteiger partial charge in [0.15, 0.2) is 0 Å². The zero-order valence-electron chi connectivity index (χ0n) is 15.0. The molecule has 0 heterocycles. The number of rotatable bonds is 9. The third-order valence-corrected chi connectivity index (χ3v) is 3.97. The van der Waals surface area contributed by atoms with Crippen LogP contribution in [0, 0.1) is 5.41 Å². The molecule has 0 aliphatic heterocycles. The van der Waals surface area contributed by atoms with Crippen LogP contribution in [0.5, 0.6) is 0 Å². The van der Waals surface area contributed by atoms with Crippen molar-refractivity contribution in [1.29, 1.82) is 5.41 Å². The molecule has 142 valence electrons. The van der Waals surface area contributed by atoms with E-state index in [-0.39, 0.29) is 37.2 Å². The lowest BCUT2D eigenvalue weighted by atomic mass is 10.1. The van der Waals surface area contributed by atoms with Gasteiger partial charge < -0.3 is 21.5 Å². The molecule has 0 bridgehead atoms. The van der Waals surface area contributed by atoms with Crippen molar-refractivity contribution >= 4 is 17.7 Å². The van der Waals surface area contributed by atoms with Crippen molar-refractivity contribution in [3.05, 3.63) is 71.3 Å². The van der Waals surface area contributed by atoms with Crippen LogP contribution in [0.1, 0.15) is 29.5 Å². The van der Waals surface area contributed by atoms with E-state index in [2.05, 4.69) is 5.32 Å². The highest BCUT2D eigenvalue weighted by Crippen LogP contribution is 2.05. The van der Waals surface area contributed by atoms with Gasteiger partial charge >= 0.3 is 5.97 Å². The van der Waals surface area contributed by atoms with Crippen molar-refractivity contribution in [1.82, 2.24) is 5.32 Å². The quantitative estimate of drug-likeness (QED) is 0.302. The SMILES string of the molecule is N=C(N)c1ccc(CNC(=O)[C@@H](N)CCC(=O)OCc2ccccc2)cc1. The Balaban J connectivity index is 1.68. The molecule has 0 saturated carbocycles. The largest absolute Gasteiger partial charge is 0.461 e. The predicted octanol–water partition coefficient (Wildman–Crippen LogP) is 1.44. The molecule has 0 spiro atoms. The van der Waals surface area contributed by atoms with E-state index >= 15 is 0 Å². The Morgan fingerprint density at radius 2 is 1.70 bits per heavy atom. The zero-order chi connectivity index (χ0) is 19.6. The standard InChI is InChI=1S/C20H24N4O3/c21-17(10-11-18(25)27-13-15-4-2-1-3-5-15)20(26)24-12-14-6-8-16(9-7-14)19(22)23/h1-9,17H,10-13,21H2,(H3,22,23)(H,24,26)/t17-/m0/s1. The first-order valence-corrected chi connectivity index (χ1v) is 8.62. The lowest BCUT2D eigenvalue weighted by Gasteiger charge is -2.12. The van der Waals surface area contributed by atoms with E-state index < -0.39 is 6.04 Å². The van der Waals surface area contributed by atoms with E-state index in [1.165, 1.54) is 0 Å². The third kappa shape index (κ3) is 6.91. The van der Waals surface area contributed by atoms with Gasteiger partial charge in [-0.3, -0.25) is 15.0 Å². The number of nitrogens with one attached hydrogen (secondary N) is 2. The van der Waals surface area contributed by atoms with Gasteiger partial charge in [-0.2, -0.15) is 0 Å². The summed E-state index contributed by atoms with van der Waals surface area (Å²) in [5.41, 5.74) is 13.6. The number of esters is 1. The van der Waals surface area contributed by atoms with Crippen LogP contribution >= 0.6 is 0 Å². The summed E-state index contributed by atoms with van der Waals surface area (Å²) in [4.78, 5) is 23.8. The van der Waals surface area contributed by atoms with Gasteiger partial charge in [0.05, 0.1) is 6.04 Å². The van der Waals surface area contributed by atoms with Gasteiger partial charge in [-0.15, -0.1) is 0 Å². The highest BCUT2D eigenvalue weighted by molar-refractivity contribution is 5.94. The average Bonchev–Trinajstić information content (AvgIpc) is 2.69. The first kappa shape index (κ1) is 20.1. The van der Waals surface area contributed by atoms with Gasteiger partial charge in [0.1, 0.15) is 12.4 Å². The fourth-order valence-electron chi connectivity index (χ4n) is 2.34. The van der Waals surface area contributed by atoms with Crippen LogP contribution in [0.15, 0.2) is 54.6 Å². The second kappa shape index (κ2) is 10.1. The summed E-state index contributed by atoms with van der Waals surface area (Å²) in [6.45, 7) is 0.514. The highest BCUT2D eigenvalue weighted by Gasteiger charge is 2.15. The number of carbonyl (C=O) groups excluding carboxylic acids is 2. The molecule has 0 aromatic heterocycles. The van der Waals surface area contributed by atoms with Crippen LogP contribution in [0.3, 0.4) is 0 Å². The maximum Gasteiger partial charge on any atom is 0.306 e. The molecule has 0 aliphatic rings. The summed E-state index contributed by atoms with van der Waals surface area (Å²) >= 11 is 0. The number of hydrogen-bond donors (Lipinski definition) is 4. The van der Waals surface area contributed by atoms with Gasteiger partial charge in [0.2, 0.25) is 5.91 Å². The van der Waals surface area contributed by atoms with Crippen molar-refractivity contribution < 1.29 is 14.3 Å². The minimum absolute atomic E-state index is 0.00763. The number of amides is 1. The Morgan fingerprint density at radius 1 is 1.04 bits per heavy atom. The lowest BCUT2D eigenvalue weighted by Crippen LogP contribution is -2.40. The molecule has 7 nitrogen and oxygen atoms in total. The molecule has 7 heteroatoms. The lowest BCUT2D eigenvalue weighted by molar-refractivity contribution is -0.145. The maximum atomic E-state index is 12.0. The van der Waals surface area contributed by atoms with E-state index in [4.69, 9.17) is 21.6 Å². The number of nitrogen functional groups attached to an aromatic ring is 1. The summed E-state index contributed by atoms with van der Waals surface area (Å²) < 4.78 is 5.16. The molecule has 1 amide bonds. The van der Waals surface area contributed by atoms with Crippen LogP contribution < -0.4 is 16.8 Å². The molecule has 0 radical (unpaired) electrons. The zero-order valence-corrected chi connectivity index (χ0v) is 15.0. The summed E-state index contributed by atoms with van der Waals surface area (Å²) in [5, 5.41) is 10.1. The Bertz CT molecular complexity index is 776. The molecule has 0 unspecified atom stereocenters.